The summed E-state index contributed by atoms with van der Waals surface area (Å²) in [5, 5.41) is 2.94. The summed E-state index contributed by atoms with van der Waals surface area (Å²) in [6, 6.07) is 14.8. The lowest BCUT2D eigenvalue weighted by Crippen LogP contribution is -2.44. The molecule has 0 aliphatic carbocycles. The van der Waals surface area contributed by atoms with E-state index in [1.165, 1.54) is 6.42 Å². The quantitative estimate of drug-likeness (QED) is 0.868. The van der Waals surface area contributed by atoms with Crippen LogP contribution in [-0.2, 0) is 4.79 Å². The molecule has 0 bridgehead atoms. The number of rotatable bonds is 4. The number of carbonyl (C=O) groups excluding carboxylic acids is 2. The van der Waals surface area contributed by atoms with Crippen LogP contribution < -0.4 is 10.2 Å². The van der Waals surface area contributed by atoms with Crippen LogP contribution in [0.4, 0.5) is 17.1 Å². The van der Waals surface area contributed by atoms with Crippen molar-refractivity contribution >= 4 is 28.9 Å². The van der Waals surface area contributed by atoms with E-state index in [-0.39, 0.29) is 11.8 Å². The molecule has 2 amide bonds. The summed E-state index contributed by atoms with van der Waals surface area (Å²) in [5.74, 6) is 0.387. The standard InChI is InChI=1S/C23H28N4O2/c1-25(2)14-17-8-7-13-26(15-17)16-22(28)27-20-11-5-3-9-18(20)23(29)24-19-10-4-6-12-21(19)27/h3-6,9-12,17H,7-8,13-16H2,1-2H3,(H,24,29). The molecular weight excluding hydrogens is 364 g/mol. The first kappa shape index (κ1) is 19.6. The van der Waals surface area contributed by atoms with E-state index in [0.29, 0.717) is 29.4 Å². The van der Waals surface area contributed by atoms with Crippen LogP contribution in [0.2, 0.25) is 0 Å². The molecule has 2 aliphatic heterocycles. The molecule has 0 aromatic heterocycles. The number of carbonyl (C=O) groups is 2. The van der Waals surface area contributed by atoms with Crippen molar-refractivity contribution in [3.05, 3.63) is 54.1 Å². The molecule has 2 aromatic carbocycles. The fourth-order valence-corrected chi connectivity index (χ4v) is 4.45. The van der Waals surface area contributed by atoms with Crippen molar-refractivity contribution < 1.29 is 9.59 Å². The molecule has 2 heterocycles. The minimum absolute atomic E-state index is 0.00750. The third kappa shape index (κ3) is 4.18. The summed E-state index contributed by atoms with van der Waals surface area (Å²) < 4.78 is 0. The average Bonchev–Trinajstić information content (AvgIpc) is 2.82. The molecule has 29 heavy (non-hydrogen) atoms. The number of fused-ring (bicyclic) bond motifs is 2. The van der Waals surface area contributed by atoms with Crippen LogP contribution in [0.15, 0.2) is 48.5 Å². The Morgan fingerprint density at radius 2 is 1.83 bits per heavy atom. The minimum Gasteiger partial charge on any atom is -0.320 e. The van der Waals surface area contributed by atoms with E-state index in [9.17, 15) is 9.59 Å². The van der Waals surface area contributed by atoms with Gasteiger partial charge in [0.25, 0.3) is 5.91 Å². The van der Waals surface area contributed by atoms with Crippen LogP contribution in [0.5, 0.6) is 0 Å². The van der Waals surface area contributed by atoms with Crippen LogP contribution in [0.25, 0.3) is 0 Å². The molecule has 1 fully saturated rings. The minimum atomic E-state index is -0.188. The van der Waals surface area contributed by atoms with E-state index >= 15 is 0 Å². The second-order valence-corrected chi connectivity index (χ2v) is 8.22. The van der Waals surface area contributed by atoms with Gasteiger partial charge in [-0.25, -0.2) is 0 Å². The lowest BCUT2D eigenvalue weighted by molar-refractivity contribution is -0.119. The van der Waals surface area contributed by atoms with Gasteiger partial charge in [0.1, 0.15) is 0 Å². The zero-order valence-corrected chi connectivity index (χ0v) is 17.1. The van der Waals surface area contributed by atoms with Gasteiger partial charge in [0.2, 0.25) is 5.91 Å². The molecule has 0 saturated carbocycles. The SMILES string of the molecule is CN(C)CC1CCCN(CC(=O)N2c3ccccc3NC(=O)c3ccccc32)C1. The Hall–Kier alpha value is -2.70. The molecule has 1 atom stereocenters. The number of nitrogens with one attached hydrogen (secondary N) is 1. The highest BCUT2D eigenvalue weighted by Gasteiger charge is 2.31. The number of hydrogen-bond acceptors (Lipinski definition) is 4. The molecule has 6 nitrogen and oxygen atoms in total. The van der Waals surface area contributed by atoms with Gasteiger partial charge in [0, 0.05) is 13.1 Å². The lowest BCUT2D eigenvalue weighted by Gasteiger charge is -2.35. The highest BCUT2D eigenvalue weighted by atomic mass is 16.2. The van der Waals surface area contributed by atoms with Gasteiger partial charge in [-0.05, 0) is 63.7 Å². The topological polar surface area (TPSA) is 55.9 Å². The van der Waals surface area contributed by atoms with E-state index in [2.05, 4.69) is 29.2 Å². The van der Waals surface area contributed by atoms with Gasteiger partial charge in [-0.15, -0.1) is 0 Å². The number of benzene rings is 2. The number of likely N-dealkylation sites (tertiary alicyclic amines) is 1. The molecule has 2 aromatic rings. The maximum atomic E-state index is 13.5. The molecular formula is C23H28N4O2. The number of hydrogen-bond donors (Lipinski definition) is 1. The van der Waals surface area contributed by atoms with E-state index in [1.807, 2.05) is 42.5 Å². The van der Waals surface area contributed by atoms with Crippen molar-refractivity contribution in [2.75, 3.05) is 50.5 Å². The van der Waals surface area contributed by atoms with E-state index < -0.39 is 0 Å². The molecule has 0 spiro atoms. The van der Waals surface area contributed by atoms with Crippen molar-refractivity contribution in [3.63, 3.8) is 0 Å². The van der Waals surface area contributed by atoms with E-state index in [1.54, 1.807) is 11.0 Å². The zero-order valence-electron chi connectivity index (χ0n) is 17.1. The summed E-state index contributed by atoms with van der Waals surface area (Å²) in [5.41, 5.74) is 2.53. The van der Waals surface area contributed by atoms with Gasteiger partial charge in [0.05, 0.1) is 29.2 Å². The number of anilines is 3. The van der Waals surface area contributed by atoms with Gasteiger partial charge in [-0.2, -0.15) is 0 Å². The Labute approximate surface area is 172 Å². The summed E-state index contributed by atoms with van der Waals surface area (Å²) >= 11 is 0. The Morgan fingerprint density at radius 3 is 2.62 bits per heavy atom. The first-order valence-corrected chi connectivity index (χ1v) is 10.2. The smallest absolute Gasteiger partial charge is 0.257 e. The summed E-state index contributed by atoms with van der Waals surface area (Å²) in [7, 11) is 4.19. The molecule has 6 heteroatoms. The number of piperidine rings is 1. The third-order valence-electron chi connectivity index (χ3n) is 5.62. The second kappa shape index (κ2) is 8.35. The Balaban J connectivity index is 1.62. The molecule has 2 aliphatic rings. The van der Waals surface area contributed by atoms with Crippen LogP contribution in [-0.4, -0.2) is 61.9 Å². The Bertz CT molecular complexity index is 911. The highest BCUT2D eigenvalue weighted by molar-refractivity contribution is 6.17. The predicted octanol–water partition coefficient (Wildman–Crippen LogP) is 3.19. The first-order chi connectivity index (χ1) is 14.0. The van der Waals surface area contributed by atoms with Gasteiger partial charge >= 0.3 is 0 Å². The molecule has 1 unspecified atom stereocenters. The normalized spacial score (nSPS) is 19.3. The lowest BCUT2D eigenvalue weighted by atomic mass is 9.97. The van der Waals surface area contributed by atoms with Crippen LogP contribution in [0, 0.1) is 5.92 Å². The van der Waals surface area contributed by atoms with Gasteiger partial charge in [-0.1, -0.05) is 24.3 Å². The van der Waals surface area contributed by atoms with Gasteiger partial charge < -0.3 is 10.2 Å². The van der Waals surface area contributed by atoms with Crippen molar-refractivity contribution in [2.24, 2.45) is 5.92 Å². The number of nitrogens with zero attached hydrogens (tertiary/aromatic N) is 3. The van der Waals surface area contributed by atoms with Crippen molar-refractivity contribution in [1.82, 2.24) is 9.80 Å². The molecule has 0 radical (unpaired) electrons. The second-order valence-electron chi connectivity index (χ2n) is 8.22. The maximum absolute atomic E-state index is 13.5. The van der Waals surface area contributed by atoms with Crippen molar-refractivity contribution in [2.45, 2.75) is 12.8 Å². The molecule has 1 saturated heterocycles. The summed E-state index contributed by atoms with van der Waals surface area (Å²) in [6.07, 6.45) is 2.32. The monoisotopic (exact) mass is 392 g/mol. The van der Waals surface area contributed by atoms with E-state index in [4.69, 9.17) is 0 Å². The zero-order chi connectivity index (χ0) is 20.4. The summed E-state index contributed by atoms with van der Waals surface area (Å²) in [4.78, 5) is 32.4. The van der Waals surface area contributed by atoms with Gasteiger partial charge in [-0.3, -0.25) is 19.4 Å². The predicted molar refractivity (Wildman–Crippen MR) is 116 cm³/mol. The largest absolute Gasteiger partial charge is 0.320 e. The maximum Gasteiger partial charge on any atom is 0.257 e. The molecule has 152 valence electrons. The molecule has 1 N–H and O–H groups in total. The van der Waals surface area contributed by atoms with E-state index in [0.717, 1.165) is 31.7 Å². The summed E-state index contributed by atoms with van der Waals surface area (Å²) in [6.45, 7) is 3.25. The fourth-order valence-electron chi connectivity index (χ4n) is 4.45. The Kier molecular flexibility index (Phi) is 5.65. The Morgan fingerprint density at radius 1 is 1.10 bits per heavy atom. The third-order valence-corrected chi connectivity index (χ3v) is 5.62. The first-order valence-electron chi connectivity index (χ1n) is 10.2. The van der Waals surface area contributed by atoms with Crippen LogP contribution in [0.3, 0.4) is 0 Å². The van der Waals surface area contributed by atoms with Crippen molar-refractivity contribution in [3.8, 4) is 0 Å². The van der Waals surface area contributed by atoms with Crippen LogP contribution in [0.1, 0.15) is 23.2 Å². The fraction of sp³-hybridized carbons (Fsp3) is 0.391. The highest BCUT2D eigenvalue weighted by Crippen LogP contribution is 2.37. The molecule has 4 rings (SSSR count). The van der Waals surface area contributed by atoms with Crippen molar-refractivity contribution in [1.29, 1.82) is 0 Å². The average molecular weight is 393 g/mol. The van der Waals surface area contributed by atoms with Gasteiger partial charge in [0.15, 0.2) is 0 Å². The number of amides is 2. The number of para-hydroxylation sites is 3. The van der Waals surface area contributed by atoms with Crippen LogP contribution >= 0.6 is 0 Å².